The van der Waals surface area contributed by atoms with Crippen molar-refractivity contribution in [1.29, 1.82) is 0 Å². The quantitative estimate of drug-likeness (QED) is 0.775. The van der Waals surface area contributed by atoms with Crippen molar-refractivity contribution in [2.24, 2.45) is 5.92 Å². The van der Waals surface area contributed by atoms with E-state index in [0.29, 0.717) is 18.6 Å². The summed E-state index contributed by atoms with van der Waals surface area (Å²) in [5.74, 6) is 1.52. The van der Waals surface area contributed by atoms with Gasteiger partial charge in [0.2, 0.25) is 0 Å². The van der Waals surface area contributed by atoms with Crippen LogP contribution in [0, 0.1) is 5.92 Å². The van der Waals surface area contributed by atoms with E-state index in [2.05, 4.69) is 36.7 Å². The van der Waals surface area contributed by atoms with E-state index in [1.54, 1.807) is 7.11 Å². The van der Waals surface area contributed by atoms with Crippen LogP contribution in [0.4, 0.5) is 0 Å². The molecule has 0 saturated carbocycles. The molecule has 0 heterocycles. The first kappa shape index (κ1) is 14.5. The predicted molar refractivity (Wildman–Crippen MR) is 74.4 cm³/mol. The fourth-order valence-corrected chi connectivity index (χ4v) is 2.36. The minimum absolute atomic E-state index is 0.302. The molecule has 0 fully saturated rings. The molecule has 0 aromatic heterocycles. The summed E-state index contributed by atoms with van der Waals surface area (Å²) in [6.07, 6.45) is 1.40. The van der Waals surface area contributed by atoms with Crippen molar-refractivity contribution < 1.29 is 9.47 Å². The fourth-order valence-electron chi connectivity index (χ4n) is 1.77. The van der Waals surface area contributed by atoms with Crippen LogP contribution in [0.3, 0.4) is 0 Å². The number of halogens is 1. The molecular weight excluding hydrogens is 280 g/mol. The zero-order chi connectivity index (χ0) is 12.8. The third-order valence-electron chi connectivity index (χ3n) is 2.55. The van der Waals surface area contributed by atoms with Gasteiger partial charge in [0.15, 0.2) is 0 Å². The van der Waals surface area contributed by atoms with Crippen molar-refractivity contribution in [2.75, 3.05) is 7.11 Å². The first-order chi connectivity index (χ1) is 8.02. The van der Waals surface area contributed by atoms with Gasteiger partial charge in [-0.05, 0) is 52.9 Å². The molecule has 1 aromatic rings. The molecule has 3 heteroatoms. The second-order valence-corrected chi connectivity index (χ2v) is 5.57. The minimum Gasteiger partial charge on any atom is -0.496 e. The summed E-state index contributed by atoms with van der Waals surface area (Å²) >= 11 is 3.47. The smallest absolute Gasteiger partial charge is 0.133 e. The van der Waals surface area contributed by atoms with Crippen molar-refractivity contribution in [3.63, 3.8) is 0 Å². The maximum atomic E-state index is 5.81. The second kappa shape index (κ2) is 7.02. The molecule has 0 amide bonds. The first-order valence-electron chi connectivity index (χ1n) is 5.97. The summed E-state index contributed by atoms with van der Waals surface area (Å²) in [6.45, 7) is 7.20. The molecular formula is C14H21BrO2. The van der Waals surface area contributed by atoms with Gasteiger partial charge in [0.05, 0.1) is 24.3 Å². The van der Waals surface area contributed by atoms with Gasteiger partial charge in [-0.2, -0.15) is 0 Å². The average molecular weight is 301 g/mol. The van der Waals surface area contributed by atoms with Gasteiger partial charge in [-0.15, -0.1) is 0 Å². The van der Waals surface area contributed by atoms with E-state index in [-0.39, 0.29) is 0 Å². The Morgan fingerprint density at radius 3 is 2.47 bits per heavy atom. The lowest BCUT2D eigenvalue weighted by molar-refractivity contribution is 0.0397. The second-order valence-electron chi connectivity index (χ2n) is 4.72. The maximum Gasteiger partial charge on any atom is 0.133 e. The Morgan fingerprint density at radius 1 is 1.24 bits per heavy atom. The lowest BCUT2D eigenvalue weighted by Gasteiger charge is -2.15. The van der Waals surface area contributed by atoms with Gasteiger partial charge in [-0.1, -0.05) is 19.9 Å². The Bertz CT molecular complexity index is 350. The lowest BCUT2D eigenvalue weighted by atomic mass is 10.1. The first-order valence-corrected chi connectivity index (χ1v) is 6.76. The van der Waals surface area contributed by atoms with Gasteiger partial charge in [0.25, 0.3) is 0 Å². The Kier molecular flexibility index (Phi) is 6.00. The number of methoxy groups -OCH3 is 1. The normalized spacial score (nSPS) is 12.8. The molecule has 2 nitrogen and oxygen atoms in total. The summed E-state index contributed by atoms with van der Waals surface area (Å²) in [5, 5.41) is 0. The summed E-state index contributed by atoms with van der Waals surface area (Å²) in [6, 6.07) is 6.03. The zero-order valence-corrected chi connectivity index (χ0v) is 12.6. The van der Waals surface area contributed by atoms with E-state index in [1.165, 1.54) is 0 Å². The predicted octanol–water partition coefficient (Wildman–Crippen LogP) is 4.41. The Morgan fingerprint density at radius 2 is 1.94 bits per heavy atom. The number of hydrogen-bond donors (Lipinski definition) is 0. The number of rotatable bonds is 6. The van der Waals surface area contributed by atoms with Gasteiger partial charge < -0.3 is 9.47 Å². The fraction of sp³-hybridized carbons (Fsp3) is 0.571. The van der Waals surface area contributed by atoms with Crippen molar-refractivity contribution in [3.8, 4) is 5.75 Å². The third-order valence-corrected chi connectivity index (χ3v) is 3.17. The highest BCUT2D eigenvalue weighted by Gasteiger charge is 2.06. The van der Waals surface area contributed by atoms with Crippen LogP contribution >= 0.6 is 15.9 Å². The highest BCUT2D eigenvalue weighted by molar-refractivity contribution is 9.10. The van der Waals surface area contributed by atoms with Crippen molar-refractivity contribution in [3.05, 3.63) is 28.2 Å². The van der Waals surface area contributed by atoms with E-state index >= 15 is 0 Å². The molecule has 1 unspecified atom stereocenters. The van der Waals surface area contributed by atoms with Crippen molar-refractivity contribution in [1.82, 2.24) is 0 Å². The summed E-state index contributed by atoms with van der Waals surface area (Å²) in [4.78, 5) is 0. The molecule has 0 aliphatic carbocycles. The van der Waals surface area contributed by atoms with Crippen LogP contribution in [0.5, 0.6) is 5.75 Å². The molecule has 0 saturated heterocycles. The van der Waals surface area contributed by atoms with Gasteiger partial charge in [-0.25, -0.2) is 0 Å². The van der Waals surface area contributed by atoms with Crippen molar-refractivity contribution >= 4 is 15.9 Å². The molecule has 1 rings (SSSR count). The van der Waals surface area contributed by atoms with Gasteiger partial charge in [0.1, 0.15) is 5.75 Å². The summed E-state index contributed by atoms with van der Waals surface area (Å²) in [7, 11) is 1.67. The van der Waals surface area contributed by atoms with Gasteiger partial charge in [0, 0.05) is 0 Å². The van der Waals surface area contributed by atoms with Gasteiger partial charge in [-0.3, -0.25) is 0 Å². The number of hydrogen-bond acceptors (Lipinski definition) is 2. The molecule has 0 N–H and O–H groups in total. The van der Waals surface area contributed by atoms with Crippen LogP contribution in [0.25, 0.3) is 0 Å². The number of ether oxygens (including phenoxy) is 2. The molecule has 0 spiro atoms. The average Bonchev–Trinajstić information content (AvgIpc) is 2.25. The van der Waals surface area contributed by atoms with Crippen LogP contribution in [0.1, 0.15) is 32.8 Å². The monoisotopic (exact) mass is 300 g/mol. The SMILES string of the molecule is COc1ccc(COC(C)CC(C)C)cc1Br. The Balaban J connectivity index is 2.49. The third kappa shape index (κ3) is 5.09. The lowest BCUT2D eigenvalue weighted by Crippen LogP contribution is -2.11. The van der Waals surface area contributed by atoms with Crippen LogP contribution in [-0.4, -0.2) is 13.2 Å². The van der Waals surface area contributed by atoms with E-state index in [1.807, 2.05) is 18.2 Å². The largest absolute Gasteiger partial charge is 0.496 e. The Hall–Kier alpha value is -0.540. The van der Waals surface area contributed by atoms with E-state index in [0.717, 1.165) is 22.2 Å². The molecule has 0 bridgehead atoms. The van der Waals surface area contributed by atoms with E-state index in [9.17, 15) is 0 Å². The molecule has 17 heavy (non-hydrogen) atoms. The van der Waals surface area contributed by atoms with Gasteiger partial charge >= 0.3 is 0 Å². The molecule has 0 aliphatic rings. The molecule has 1 aromatic carbocycles. The van der Waals surface area contributed by atoms with E-state index in [4.69, 9.17) is 9.47 Å². The summed E-state index contributed by atoms with van der Waals surface area (Å²) in [5.41, 5.74) is 1.16. The van der Waals surface area contributed by atoms with Crippen LogP contribution in [0.2, 0.25) is 0 Å². The number of benzene rings is 1. The Labute approximate surface area is 112 Å². The molecule has 0 radical (unpaired) electrons. The zero-order valence-electron chi connectivity index (χ0n) is 11.0. The standard InChI is InChI=1S/C14H21BrO2/c1-10(2)7-11(3)17-9-12-5-6-14(16-4)13(15)8-12/h5-6,8,10-11H,7,9H2,1-4H3. The molecule has 1 atom stereocenters. The topological polar surface area (TPSA) is 18.5 Å². The van der Waals surface area contributed by atoms with Crippen LogP contribution in [-0.2, 0) is 11.3 Å². The molecule has 0 aliphatic heterocycles. The van der Waals surface area contributed by atoms with E-state index < -0.39 is 0 Å². The molecule has 96 valence electrons. The summed E-state index contributed by atoms with van der Waals surface area (Å²) < 4.78 is 12.0. The van der Waals surface area contributed by atoms with Crippen molar-refractivity contribution in [2.45, 2.75) is 39.9 Å². The van der Waals surface area contributed by atoms with Crippen LogP contribution in [0.15, 0.2) is 22.7 Å². The highest BCUT2D eigenvalue weighted by Crippen LogP contribution is 2.26. The van der Waals surface area contributed by atoms with Crippen LogP contribution < -0.4 is 4.74 Å². The minimum atomic E-state index is 0.302. The maximum absolute atomic E-state index is 5.81. The highest BCUT2D eigenvalue weighted by atomic mass is 79.9.